The molecule has 5 nitrogen and oxygen atoms in total. The van der Waals surface area contributed by atoms with Crippen molar-refractivity contribution >= 4 is 11.8 Å². The molecule has 0 aliphatic carbocycles. The minimum Gasteiger partial charge on any atom is -0.492 e. The van der Waals surface area contributed by atoms with Crippen LogP contribution < -0.4 is 10.1 Å². The molecule has 1 aromatic carbocycles. The van der Waals surface area contributed by atoms with Crippen molar-refractivity contribution in [2.24, 2.45) is 5.41 Å². The highest BCUT2D eigenvalue weighted by Gasteiger charge is 2.20. The Labute approximate surface area is 145 Å². The Kier molecular flexibility index (Phi) is 7.75. The van der Waals surface area contributed by atoms with Gasteiger partial charge in [0.25, 0.3) is 0 Å². The van der Waals surface area contributed by atoms with E-state index in [1.165, 1.54) is 5.56 Å². The van der Waals surface area contributed by atoms with Crippen LogP contribution in [0.4, 0.5) is 0 Å². The first-order chi connectivity index (χ1) is 11.2. The molecule has 0 spiro atoms. The molecule has 0 aliphatic rings. The third-order valence-corrected chi connectivity index (χ3v) is 3.68. The van der Waals surface area contributed by atoms with E-state index >= 15 is 0 Å². The van der Waals surface area contributed by atoms with Gasteiger partial charge < -0.3 is 15.0 Å². The minimum atomic E-state index is -0.395. The standard InChI is InChI=1S/C19H30N2O3/c1-15-8-10-16(11-9-15)24-14-13-21(5)17(22)7-6-12-20-18(23)19(2,3)4/h8-11H,6-7,12-14H2,1-5H3,(H,20,23). The highest BCUT2D eigenvalue weighted by atomic mass is 16.5. The highest BCUT2D eigenvalue weighted by Crippen LogP contribution is 2.12. The first-order valence-corrected chi connectivity index (χ1v) is 8.42. The number of rotatable bonds is 8. The summed E-state index contributed by atoms with van der Waals surface area (Å²) in [5.74, 6) is 0.883. The van der Waals surface area contributed by atoms with Crippen molar-refractivity contribution in [1.82, 2.24) is 10.2 Å². The van der Waals surface area contributed by atoms with E-state index in [9.17, 15) is 9.59 Å². The van der Waals surface area contributed by atoms with Gasteiger partial charge in [-0.3, -0.25) is 9.59 Å². The van der Waals surface area contributed by atoms with Crippen molar-refractivity contribution in [1.29, 1.82) is 0 Å². The Morgan fingerprint density at radius 1 is 1.17 bits per heavy atom. The van der Waals surface area contributed by atoms with E-state index < -0.39 is 5.41 Å². The predicted molar refractivity (Wildman–Crippen MR) is 96.0 cm³/mol. The molecule has 134 valence electrons. The van der Waals surface area contributed by atoms with Crippen molar-refractivity contribution in [2.75, 3.05) is 26.7 Å². The number of nitrogens with zero attached hydrogens (tertiary/aromatic N) is 1. The first-order valence-electron chi connectivity index (χ1n) is 8.42. The van der Waals surface area contributed by atoms with Crippen LogP contribution in [0.1, 0.15) is 39.2 Å². The Hall–Kier alpha value is -2.04. The summed E-state index contributed by atoms with van der Waals surface area (Å²) in [5.41, 5.74) is 0.793. The Bertz CT molecular complexity index is 533. The quantitative estimate of drug-likeness (QED) is 0.744. The maximum atomic E-state index is 12.0. The van der Waals surface area contributed by atoms with Crippen molar-refractivity contribution in [3.63, 3.8) is 0 Å². The number of carbonyl (C=O) groups is 2. The van der Waals surface area contributed by atoms with Crippen LogP contribution >= 0.6 is 0 Å². The molecule has 0 fully saturated rings. The van der Waals surface area contributed by atoms with Gasteiger partial charge in [0, 0.05) is 25.4 Å². The monoisotopic (exact) mass is 334 g/mol. The molecule has 1 N–H and O–H groups in total. The summed E-state index contributed by atoms with van der Waals surface area (Å²) in [6.07, 6.45) is 1.06. The summed E-state index contributed by atoms with van der Waals surface area (Å²) in [6.45, 7) is 9.17. The second kappa shape index (κ2) is 9.30. The highest BCUT2D eigenvalue weighted by molar-refractivity contribution is 5.81. The maximum Gasteiger partial charge on any atom is 0.225 e. The summed E-state index contributed by atoms with van der Waals surface area (Å²) in [4.78, 5) is 25.4. The van der Waals surface area contributed by atoms with E-state index in [1.807, 2.05) is 52.0 Å². The van der Waals surface area contributed by atoms with Crippen LogP contribution in [0.2, 0.25) is 0 Å². The van der Waals surface area contributed by atoms with Crippen LogP contribution in [0, 0.1) is 12.3 Å². The van der Waals surface area contributed by atoms with Gasteiger partial charge in [-0.25, -0.2) is 0 Å². The third kappa shape index (κ3) is 7.49. The number of nitrogens with one attached hydrogen (secondary N) is 1. The summed E-state index contributed by atoms with van der Waals surface area (Å²) < 4.78 is 5.63. The lowest BCUT2D eigenvalue weighted by molar-refractivity contribution is -0.131. The van der Waals surface area contributed by atoms with Crippen molar-refractivity contribution in [2.45, 2.75) is 40.5 Å². The molecular formula is C19H30N2O3. The van der Waals surface area contributed by atoms with E-state index in [0.717, 1.165) is 5.75 Å². The normalized spacial score (nSPS) is 11.0. The number of ether oxygens (including phenoxy) is 1. The molecule has 0 saturated carbocycles. The molecule has 1 aromatic rings. The lowest BCUT2D eigenvalue weighted by atomic mass is 9.96. The van der Waals surface area contributed by atoms with Gasteiger partial charge in [0.1, 0.15) is 12.4 Å². The lowest BCUT2D eigenvalue weighted by Gasteiger charge is -2.19. The van der Waals surface area contributed by atoms with Gasteiger partial charge in [-0.15, -0.1) is 0 Å². The third-order valence-electron chi connectivity index (χ3n) is 3.68. The summed E-state index contributed by atoms with van der Waals surface area (Å²) >= 11 is 0. The number of carbonyl (C=O) groups excluding carboxylic acids is 2. The van der Waals surface area contributed by atoms with Crippen LogP contribution in [0.5, 0.6) is 5.75 Å². The van der Waals surface area contributed by atoms with Gasteiger partial charge >= 0.3 is 0 Å². The Morgan fingerprint density at radius 3 is 2.38 bits per heavy atom. The molecule has 0 aliphatic heterocycles. The average molecular weight is 334 g/mol. The number of aryl methyl sites for hydroxylation is 1. The SMILES string of the molecule is Cc1ccc(OCCN(C)C(=O)CCCNC(=O)C(C)(C)C)cc1. The van der Waals surface area contributed by atoms with Crippen molar-refractivity contribution < 1.29 is 14.3 Å². The van der Waals surface area contributed by atoms with Crippen LogP contribution in [0.15, 0.2) is 24.3 Å². The minimum absolute atomic E-state index is 0.00908. The van der Waals surface area contributed by atoms with Crippen molar-refractivity contribution in [3.05, 3.63) is 29.8 Å². The van der Waals surface area contributed by atoms with E-state index in [0.29, 0.717) is 32.5 Å². The molecule has 1 rings (SSSR count). The molecule has 0 heterocycles. The molecule has 0 aromatic heterocycles. The van der Waals surface area contributed by atoms with Gasteiger partial charge in [0.2, 0.25) is 11.8 Å². The second-order valence-corrected chi connectivity index (χ2v) is 7.09. The fourth-order valence-corrected chi connectivity index (χ4v) is 1.96. The van der Waals surface area contributed by atoms with Gasteiger partial charge in [-0.2, -0.15) is 0 Å². The molecule has 0 atom stereocenters. The van der Waals surface area contributed by atoms with E-state index in [1.54, 1.807) is 11.9 Å². The molecular weight excluding hydrogens is 304 g/mol. The fraction of sp³-hybridized carbons (Fsp3) is 0.579. The van der Waals surface area contributed by atoms with Crippen molar-refractivity contribution in [3.8, 4) is 5.75 Å². The number of likely N-dealkylation sites (N-methyl/N-ethyl adjacent to an activating group) is 1. The number of hydrogen-bond donors (Lipinski definition) is 1. The van der Waals surface area contributed by atoms with Crippen LogP contribution in [0.25, 0.3) is 0 Å². The fourth-order valence-electron chi connectivity index (χ4n) is 1.96. The Morgan fingerprint density at radius 2 is 1.79 bits per heavy atom. The topological polar surface area (TPSA) is 58.6 Å². The smallest absolute Gasteiger partial charge is 0.225 e. The molecule has 2 amide bonds. The molecule has 0 saturated heterocycles. The molecule has 0 bridgehead atoms. The largest absolute Gasteiger partial charge is 0.492 e. The van der Waals surface area contributed by atoms with Crippen LogP contribution in [0.3, 0.4) is 0 Å². The summed E-state index contributed by atoms with van der Waals surface area (Å²) in [6, 6.07) is 7.84. The average Bonchev–Trinajstić information content (AvgIpc) is 2.51. The molecule has 24 heavy (non-hydrogen) atoms. The van der Waals surface area contributed by atoms with Crippen LogP contribution in [-0.2, 0) is 9.59 Å². The zero-order valence-corrected chi connectivity index (χ0v) is 15.5. The zero-order valence-electron chi connectivity index (χ0n) is 15.5. The molecule has 0 radical (unpaired) electrons. The number of amides is 2. The molecule has 5 heteroatoms. The lowest BCUT2D eigenvalue weighted by Crippen LogP contribution is -2.36. The van der Waals surface area contributed by atoms with Crippen LogP contribution in [-0.4, -0.2) is 43.5 Å². The summed E-state index contributed by atoms with van der Waals surface area (Å²) in [7, 11) is 1.77. The summed E-state index contributed by atoms with van der Waals surface area (Å²) in [5, 5.41) is 2.85. The zero-order chi connectivity index (χ0) is 18.2. The molecule has 0 unspecified atom stereocenters. The predicted octanol–water partition coefficient (Wildman–Crippen LogP) is 2.77. The van der Waals surface area contributed by atoms with Gasteiger partial charge in [0.05, 0.1) is 6.54 Å². The van der Waals surface area contributed by atoms with Gasteiger partial charge in [-0.1, -0.05) is 38.5 Å². The van der Waals surface area contributed by atoms with Gasteiger partial charge in [0.15, 0.2) is 0 Å². The number of hydrogen-bond acceptors (Lipinski definition) is 3. The maximum absolute atomic E-state index is 12.0. The van der Waals surface area contributed by atoms with E-state index in [4.69, 9.17) is 4.74 Å². The van der Waals surface area contributed by atoms with Gasteiger partial charge in [-0.05, 0) is 25.5 Å². The second-order valence-electron chi connectivity index (χ2n) is 7.09. The number of benzene rings is 1. The van der Waals surface area contributed by atoms with E-state index in [2.05, 4.69) is 5.32 Å². The van der Waals surface area contributed by atoms with E-state index in [-0.39, 0.29) is 11.8 Å². The first kappa shape index (κ1) is 20.0. The Balaban J connectivity index is 2.18.